The van der Waals surface area contributed by atoms with Gasteiger partial charge in [0.25, 0.3) is 10.0 Å². The highest BCUT2D eigenvalue weighted by Gasteiger charge is 2.17. The second-order valence-electron chi connectivity index (χ2n) is 4.86. The number of anilines is 1. The van der Waals surface area contributed by atoms with Gasteiger partial charge in [0.15, 0.2) is 0 Å². The quantitative estimate of drug-likeness (QED) is 0.721. The number of rotatable bonds is 4. The van der Waals surface area contributed by atoms with Crippen molar-refractivity contribution in [3.8, 4) is 0 Å². The lowest BCUT2D eigenvalue weighted by Gasteiger charge is -2.11. The SMILES string of the molecule is CSc1ccccc1NS(=O)(=O)c1ccc2c(c1)sc(=O)n2C. The van der Waals surface area contributed by atoms with Crippen molar-refractivity contribution in [1.82, 2.24) is 4.57 Å². The van der Waals surface area contributed by atoms with Gasteiger partial charge in [0, 0.05) is 11.9 Å². The van der Waals surface area contributed by atoms with Gasteiger partial charge in [-0.2, -0.15) is 0 Å². The van der Waals surface area contributed by atoms with Crippen LogP contribution in [0.4, 0.5) is 5.69 Å². The van der Waals surface area contributed by atoms with Gasteiger partial charge in [-0.3, -0.25) is 9.52 Å². The minimum atomic E-state index is -3.71. The third-order valence-corrected chi connectivity index (χ3v) is 6.58. The monoisotopic (exact) mass is 366 g/mol. The number of benzene rings is 2. The number of nitrogens with one attached hydrogen (secondary N) is 1. The fraction of sp³-hybridized carbons (Fsp3) is 0.133. The van der Waals surface area contributed by atoms with Crippen LogP contribution in [0.3, 0.4) is 0 Å². The van der Waals surface area contributed by atoms with Gasteiger partial charge in [-0.1, -0.05) is 23.5 Å². The lowest BCUT2D eigenvalue weighted by Crippen LogP contribution is -2.13. The van der Waals surface area contributed by atoms with E-state index < -0.39 is 10.0 Å². The first-order valence-corrected chi connectivity index (χ1v) is 10.2. The van der Waals surface area contributed by atoms with Gasteiger partial charge in [-0.25, -0.2) is 8.42 Å². The summed E-state index contributed by atoms with van der Waals surface area (Å²) in [5, 5.41) is 0. The minimum absolute atomic E-state index is 0.116. The number of hydrogen-bond donors (Lipinski definition) is 1. The van der Waals surface area contributed by atoms with Gasteiger partial charge in [-0.15, -0.1) is 11.8 Å². The van der Waals surface area contributed by atoms with Crippen LogP contribution < -0.4 is 9.60 Å². The number of aromatic nitrogens is 1. The van der Waals surface area contributed by atoms with Crippen molar-refractivity contribution >= 4 is 49.0 Å². The number of aryl methyl sites for hydroxylation is 1. The molecule has 0 saturated heterocycles. The standard InChI is InChI=1S/C15H14N2O3S3/c1-17-12-8-7-10(9-14(12)22-15(17)18)23(19,20)16-11-5-3-4-6-13(11)21-2/h3-9,16H,1-2H3. The molecular formula is C15H14N2O3S3. The van der Waals surface area contributed by atoms with Gasteiger partial charge >= 0.3 is 4.87 Å². The zero-order valence-electron chi connectivity index (χ0n) is 12.4. The van der Waals surface area contributed by atoms with Crippen molar-refractivity contribution in [2.45, 2.75) is 9.79 Å². The van der Waals surface area contributed by atoms with E-state index in [1.54, 1.807) is 25.2 Å². The summed E-state index contributed by atoms with van der Waals surface area (Å²) < 4.78 is 30.0. The molecule has 1 N–H and O–H groups in total. The number of fused-ring (bicyclic) bond motifs is 1. The summed E-state index contributed by atoms with van der Waals surface area (Å²) in [7, 11) is -2.04. The highest BCUT2D eigenvalue weighted by molar-refractivity contribution is 7.99. The van der Waals surface area contributed by atoms with E-state index in [1.807, 2.05) is 18.4 Å². The maximum atomic E-state index is 12.6. The Morgan fingerprint density at radius 2 is 1.91 bits per heavy atom. The van der Waals surface area contributed by atoms with E-state index in [1.165, 1.54) is 28.5 Å². The molecule has 0 unspecified atom stereocenters. The minimum Gasteiger partial charge on any atom is -0.302 e. The molecule has 8 heteroatoms. The van der Waals surface area contributed by atoms with E-state index in [9.17, 15) is 13.2 Å². The lowest BCUT2D eigenvalue weighted by molar-refractivity contribution is 0.601. The first-order valence-electron chi connectivity index (χ1n) is 6.68. The Kier molecular flexibility index (Phi) is 4.22. The van der Waals surface area contributed by atoms with E-state index >= 15 is 0 Å². The van der Waals surface area contributed by atoms with Crippen molar-refractivity contribution < 1.29 is 8.42 Å². The van der Waals surface area contributed by atoms with Crippen LogP contribution in [0.15, 0.2) is 57.1 Å². The fourth-order valence-electron chi connectivity index (χ4n) is 2.21. The second-order valence-corrected chi connectivity index (χ2v) is 8.39. The van der Waals surface area contributed by atoms with Crippen molar-refractivity contribution in [2.24, 2.45) is 7.05 Å². The Bertz CT molecular complexity index is 1040. The molecule has 0 spiro atoms. The number of thiazole rings is 1. The molecule has 120 valence electrons. The third-order valence-electron chi connectivity index (χ3n) is 3.43. The number of thioether (sulfide) groups is 1. The second kappa shape index (κ2) is 6.03. The Morgan fingerprint density at radius 1 is 1.17 bits per heavy atom. The summed E-state index contributed by atoms with van der Waals surface area (Å²) in [6, 6.07) is 11.9. The number of hydrogen-bond acceptors (Lipinski definition) is 5. The van der Waals surface area contributed by atoms with Crippen LogP contribution in [0.25, 0.3) is 10.2 Å². The Labute approximate surface area is 142 Å². The Morgan fingerprint density at radius 3 is 2.65 bits per heavy atom. The molecule has 0 amide bonds. The molecule has 1 heterocycles. The maximum Gasteiger partial charge on any atom is 0.307 e. The molecule has 23 heavy (non-hydrogen) atoms. The van der Waals surface area contributed by atoms with E-state index in [-0.39, 0.29) is 9.77 Å². The fourth-order valence-corrected chi connectivity index (χ4v) is 4.93. The highest BCUT2D eigenvalue weighted by atomic mass is 32.2. The summed E-state index contributed by atoms with van der Waals surface area (Å²) >= 11 is 2.50. The topological polar surface area (TPSA) is 68.2 Å². The van der Waals surface area contributed by atoms with Crippen LogP contribution in [0.5, 0.6) is 0 Å². The van der Waals surface area contributed by atoms with Crippen LogP contribution in [0, 0.1) is 0 Å². The average molecular weight is 366 g/mol. The molecule has 0 radical (unpaired) electrons. The van der Waals surface area contributed by atoms with E-state index in [4.69, 9.17) is 0 Å². The Balaban J connectivity index is 2.04. The van der Waals surface area contributed by atoms with Crippen LogP contribution in [0.2, 0.25) is 0 Å². The van der Waals surface area contributed by atoms with Crippen molar-refractivity contribution in [3.05, 3.63) is 52.1 Å². The average Bonchev–Trinajstić information content (AvgIpc) is 2.82. The van der Waals surface area contributed by atoms with E-state index in [0.717, 1.165) is 21.7 Å². The zero-order chi connectivity index (χ0) is 16.6. The maximum absolute atomic E-state index is 12.6. The van der Waals surface area contributed by atoms with E-state index in [2.05, 4.69) is 4.72 Å². The van der Waals surface area contributed by atoms with Gasteiger partial charge in [0.05, 0.1) is 20.8 Å². The van der Waals surface area contributed by atoms with Crippen molar-refractivity contribution in [3.63, 3.8) is 0 Å². The molecule has 1 aromatic heterocycles. The molecule has 3 rings (SSSR count). The molecule has 0 aliphatic rings. The molecule has 0 bridgehead atoms. The first-order chi connectivity index (χ1) is 10.9. The number of sulfonamides is 1. The largest absolute Gasteiger partial charge is 0.307 e. The van der Waals surface area contributed by atoms with Crippen LogP contribution in [-0.4, -0.2) is 19.2 Å². The van der Waals surface area contributed by atoms with Crippen LogP contribution in [0.1, 0.15) is 0 Å². The van der Waals surface area contributed by atoms with E-state index in [0.29, 0.717) is 10.4 Å². The first kappa shape index (κ1) is 16.1. The van der Waals surface area contributed by atoms with Gasteiger partial charge in [0.2, 0.25) is 0 Å². The molecule has 0 saturated carbocycles. The summed E-state index contributed by atoms with van der Waals surface area (Å²) in [4.78, 5) is 12.6. The molecule has 2 aromatic carbocycles. The molecular weight excluding hydrogens is 352 g/mol. The number of para-hydroxylation sites is 1. The van der Waals surface area contributed by atoms with Crippen molar-refractivity contribution in [2.75, 3.05) is 11.0 Å². The summed E-state index contributed by atoms with van der Waals surface area (Å²) in [6.07, 6.45) is 1.89. The lowest BCUT2D eigenvalue weighted by atomic mass is 10.3. The molecule has 3 aromatic rings. The van der Waals surface area contributed by atoms with Gasteiger partial charge < -0.3 is 4.57 Å². The molecule has 0 fully saturated rings. The van der Waals surface area contributed by atoms with Gasteiger partial charge in [-0.05, 0) is 36.6 Å². The smallest absolute Gasteiger partial charge is 0.302 e. The zero-order valence-corrected chi connectivity index (χ0v) is 14.9. The summed E-state index contributed by atoms with van der Waals surface area (Å²) in [5.74, 6) is 0. The van der Waals surface area contributed by atoms with Crippen LogP contribution >= 0.6 is 23.1 Å². The molecule has 0 aliphatic heterocycles. The molecule has 5 nitrogen and oxygen atoms in total. The normalized spacial score (nSPS) is 11.7. The van der Waals surface area contributed by atoms with Crippen molar-refractivity contribution in [1.29, 1.82) is 0 Å². The predicted molar refractivity (Wildman–Crippen MR) is 96.1 cm³/mol. The van der Waals surface area contributed by atoms with Crippen LogP contribution in [-0.2, 0) is 17.1 Å². The summed E-state index contributed by atoms with van der Waals surface area (Å²) in [5.41, 5.74) is 1.27. The Hall–Kier alpha value is -1.77. The predicted octanol–water partition coefficient (Wildman–Crippen LogP) is 3.12. The van der Waals surface area contributed by atoms with Gasteiger partial charge in [0.1, 0.15) is 0 Å². The highest BCUT2D eigenvalue weighted by Crippen LogP contribution is 2.28. The number of nitrogens with zero attached hydrogens (tertiary/aromatic N) is 1. The summed E-state index contributed by atoms with van der Waals surface area (Å²) in [6.45, 7) is 0. The third kappa shape index (κ3) is 3.01. The molecule has 0 atom stereocenters. The molecule has 0 aliphatic carbocycles.